The van der Waals surface area contributed by atoms with Crippen LogP contribution < -0.4 is 10.0 Å². The quantitative estimate of drug-likeness (QED) is 0.670. The third kappa shape index (κ3) is 7.10. The first-order chi connectivity index (χ1) is 11.4. The largest absolute Gasteiger partial charge is 0.481 e. The second-order valence-corrected chi connectivity index (χ2v) is 8.34. The number of benzene rings is 1. The number of nitrogens with one attached hydrogen (secondary N) is 2. The maximum Gasteiger partial charge on any atom is 0.317 e. The average Bonchev–Trinajstić information content (AvgIpc) is 2.48. The highest BCUT2D eigenvalue weighted by atomic mass is 32.2. The summed E-state index contributed by atoms with van der Waals surface area (Å²) in [6.07, 6.45) is -0.162. The zero-order chi connectivity index (χ0) is 19.3. The van der Waals surface area contributed by atoms with Crippen LogP contribution in [0.1, 0.15) is 32.8 Å². The number of hydrogen-bond donors (Lipinski definition) is 3. The van der Waals surface area contributed by atoms with Crippen molar-refractivity contribution in [3.05, 3.63) is 29.8 Å². The first-order valence-electron chi connectivity index (χ1n) is 7.75. The normalized spacial score (nSPS) is 11.8. The molecule has 0 fully saturated rings. The Labute approximate surface area is 148 Å². The number of carboxylic acids is 1. The molecule has 0 radical (unpaired) electrons. The molecule has 140 valence electrons. The topological polar surface area (TPSA) is 116 Å². The Morgan fingerprint density at radius 2 is 1.80 bits per heavy atom. The van der Waals surface area contributed by atoms with E-state index in [-0.39, 0.29) is 24.4 Å². The highest BCUT2D eigenvalue weighted by molar-refractivity contribution is 7.89. The van der Waals surface area contributed by atoms with Crippen LogP contribution in [0.15, 0.2) is 29.2 Å². The molecule has 0 saturated carbocycles. The Morgan fingerprint density at radius 1 is 1.20 bits per heavy atom. The van der Waals surface area contributed by atoms with Gasteiger partial charge in [-0.1, -0.05) is 18.2 Å². The molecule has 0 aliphatic carbocycles. The van der Waals surface area contributed by atoms with Gasteiger partial charge in [-0.25, -0.2) is 17.9 Å². The van der Waals surface area contributed by atoms with E-state index in [0.717, 1.165) is 0 Å². The van der Waals surface area contributed by atoms with Crippen LogP contribution in [-0.4, -0.2) is 49.6 Å². The summed E-state index contributed by atoms with van der Waals surface area (Å²) in [6.45, 7) is 5.30. The van der Waals surface area contributed by atoms with E-state index < -0.39 is 27.6 Å². The molecule has 8 nitrogen and oxygen atoms in total. The number of hydrogen-bond acceptors (Lipinski definition) is 4. The number of urea groups is 1. The van der Waals surface area contributed by atoms with Crippen LogP contribution in [0.3, 0.4) is 0 Å². The van der Waals surface area contributed by atoms with Gasteiger partial charge < -0.3 is 15.3 Å². The molecule has 0 aliphatic heterocycles. The highest BCUT2D eigenvalue weighted by Gasteiger charge is 2.24. The molecule has 0 heterocycles. The standard InChI is InChI=1S/C16H25N3O5S/c1-16(2,3)18-25(23,24)13-8-6-5-7-12(13)11-17-15(22)19(4)10-9-14(20)21/h5-8,18H,9-11H2,1-4H3,(H,17,22)(H,20,21). The van der Waals surface area contributed by atoms with Gasteiger partial charge in [-0.3, -0.25) is 4.79 Å². The minimum atomic E-state index is -3.73. The van der Waals surface area contributed by atoms with E-state index >= 15 is 0 Å². The fourth-order valence-corrected chi connectivity index (χ4v) is 3.70. The Hall–Kier alpha value is -2.13. The van der Waals surface area contributed by atoms with Gasteiger partial charge in [0, 0.05) is 25.7 Å². The van der Waals surface area contributed by atoms with Crippen molar-refractivity contribution in [1.29, 1.82) is 0 Å². The van der Waals surface area contributed by atoms with Crippen LogP contribution in [0.5, 0.6) is 0 Å². The zero-order valence-corrected chi connectivity index (χ0v) is 15.7. The predicted molar refractivity (Wildman–Crippen MR) is 93.6 cm³/mol. The summed E-state index contributed by atoms with van der Waals surface area (Å²) in [5.41, 5.74) is -0.189. The Morgan fingerprint density at radius 3 is 2.36 bits per heavy atom. The van der Waals surface area contributed by atoms with Crippen LogP contribution >= 0.6 is 0 Å². The van der Waals surface area contributed by atoms with E-state index in [1.54, 1.807) is 39.0 Å². The lowest BCUT2D eigenvalue weighted by atomic mass is 10.1. The molecule has 1 rings (SSSR count). The SMILES string of the molecule is CN(CCC(=O)O)C(=O)NCc1ccccc1S(=O)(=O)NC(C)(C)C. The van der Waals surface area contributed by atoms with E-state index in [9.17, 15) is 18.0 Å². The second kappa shape index (κ2) is 8.30. The van der Waals surface area contributed by atoms with E-state index in [2.05, 4.69) is 10.0 Å². The third-order valence-electron chi connectivity index (χ3n) is 3.14. The first kappa shape index (κ1) is 20.9. The van der Waals surface area contributed by atoms with Crippen molar-refractivity contribution in [1.82, 2.24) is 14.9 Å². The summed E-state index contributed by atoms with van der Waals surface area (Å²) in [6, 6.07) is 5.92. The maximum absolute atomic E-state index is 12.5. The van der Waals surface area contributed by atoms with Gasteiger partial charge in [0.25, 0.3) is 0 Å². The summed E-state index contributed by atoms with van der Waals surface area (Å²) in [7, 11) is -2.26. The summed E-state index contributed by atoms with van der Waals surface area (Å²) in [5.74, 6) is -0.996. The third-order valence-corrected chi connectivity index (χ3v) is 5.00. The molecule has 0 unspecified atom stereocenters. The smallest absolute Gasteiger partial charge is 0.317 e. The molecule has 0 bridgehead atoms. The summed E-state index contributed by atoms with van der Waals surface area (Å²) >= 11 is 0. The van der Waals surface area contributed by atoms with Crippen LogP contribution in [0.25, 0.3) is 0 Å². The van der Waals surface area contributed by atoms with Crippen LogP contribution in [0, 0.1) is 0 Å². The van der Waals surface area contributed by atoms with Crippen molar-refractivity contribution < 1.29 is 23.1 Å². The highest BCUT2D eigenvalue weighted by Crippen LogP contribution is 2.17. The number of amides is 2. The van der Waals surface area contributed by atoms with Gasteiger partial charge in [0.15, 0.2) is 0 Å². The van der Waals surface area contributed by atoms with Crippen LogP contribution in [-0.2, 0) is 21.4 Å². The molecule has 25 heavy (non-hydrogen) atoms. The molecule has 0 aromatic heterocycles. The van der Waals surface area contributed by atoms with E-state index in [1.807, 2.05) is 0 Å². The molecule has 2 amide bonds. The van der Waals surface area contributed by atoms with Crippen LogP contribution in [0.2, 0.25) is 0 Å². The number of aliphatic carboxylic acids is 1. The molecule has 1 aromatic rings. The van der Waals surface area contributed by atoms with Gasteiger partial charge in [0.05, 0.1) is 11.3 Å². The molecule has 0 atom stereocenters. The Balaban J connectivity index is 2.84. The first-order valence-corrected chi connectivity index (χ1v) is 9.23. The summed E-state index contributed by atoms with van der Waals surface area (Å²) in [4.78, 5) is 23.8. The summed E-state index contributed by atoms with van der Waals surface area (Å²) in [5, 5.41) is 11.2. The van der Waals surface area contributed by atoms with Crippen molar-refractivity contribution >= 4 is 22.0 Å². The predicted octanol–water partition coefficient (Wildman–Crippen LogP) is 1.38. The average molecular weight is 371 g/mol. The lowest BCUT2D eigenvalue weighted by Crippen LogP contribution is -2.41. The molecular weight excluding hydrogens is 346 g/mol. The van der Waals surface area contributed by atoms with Crippen molar-refractivity contribution in [2.24, 2.45) is 0 Å². The van der Waals surface area contributed by atoms with Crippen molar-refractivity contribution in [2.45, 2.75) is 44.2 Å². The van der Waals surface area contributed by atoms with E-state index in [1.165, 1.54) is 18.0 Å². The van der Waals surface area contributed by atoms with E-state index in [4.69, 9.17) is 5.11 Å². The fraction of sp³-hybridized carbons (Fsp3) is 0.500. The van der Waals surface area contributed by atoms with Gasteiger partial charge in [-0.15, -0.1) is 0 Å². The number of carboxylic acid groups (broad SMARTS) is 1. The summed E-state index contributed by atoms with van der Waals surface area (Å²) < 4.78 is 27.6. The lowest BCUT2D eigenvalue weighted by Gasteiger charge is -2.22. The van der Waals surface area contributed by atoms with Gasteiger partial charge in [-0.05, 0) is 32.4 Å². The Bertz CT molecular complexity index is 726. The van der Waals surface area contributed by atoms with Crippen molar-refractivity contribution in [3.8, 4) is 0 Å². The number of carbonyl (C=O) groups is 2. The second-order valence-electron chi connectivity index (χ2n) is 6.69. The van der Waals surface area contributed by atoms with Gasteiger partial charge >= 0.3 is 12.0 Å². The fourth-order valence-electron chi connectivity index (χ4n) is 2.04. The minimum Gasteiger partial charge on any atom is -0.481 e. The molecular formula is C16H25N3O5S. The van der Waals surface area contributed by atoms with Crippen LogP contribution in [0.4, 0.5) is 4.79 Å². The molecule has 1 aromatic carbocycles. The molecule has 3 N–H and O–H groups in total. The van der Waals surface area contributed by atoms with E-state index in [0.29, 0.717) is 5.56 Å². The van der Waals surface area contributed by atoms with Crippen molar-refractivity contribution in [2.75, 3.05) is 13.6 Å². The van der Waals surface area contributed by atoms with Gasteiger partial charge in [-0.2, -0.15) is 0 Å². The lowest BCUT2D eigenvalue weighted by molar-refractivity contribution is -0.137. The Kier molecular flexibility index (Phi) is 6.95. The molecule has 0 aliphatic rings. The number of sulfonamides is 1. The zero-order valence-electron chi connectivity index (χ0n) is 14.9. The van der Waals surface area contributed by atoms with Gasteiger partial charge in [0.2, 0.25) is 10.0 Å². The van der Waals surface area contributed by atoms with Crippen molar-refractivity contribution in [3.63, 3.8) is 0 Å². The molecule has 0 spiro atoms. The molecule has 0 saturated heterocycles. The monoisotopic (exact) mass is 371 g/mol. The number of nitrogens with zero attached hydrogens (tertiary/aromatic N) is 1. The maximum atomic E-state index is 12.5. The molecule has 9 heteroatoms. The minimum absolute atomic E-state index is 0.0114. The van der Waals surface area contributed by atoms with Gasteiger partial charge in [0.1, 0.15) is 0 Å². The number of carbonyl (C=O) groups excluding carboxylic acids is 1. The number of rotatable bonds is 7.